The summed E-state index contributed by atoms with van der Waals surface area (Å²) in [4.78, 5) is 26.0. The number of nitrogens with zero attached hydrogens (tertiary/aromatic N) is 2. The predicted molar refractivity (Wildman–Crippen MR) is 119 cm³/mol. The van der Waals surface area contributed by atoms with E-state index in [0.717, 1.165) is 41.4 Å². The summed E-state index contributed by atoms with van der Waals surface area (Å²) in [6, 6.07) is 10.4. The molecule has 6 nitrogen and oxygen atoms in total. The van der Waals surface area contributed by atoms with Crippen LogP contribution in [-0.2, 0) is 10.9 Å². The summed E-state index contributed by atoms with van der Waals surface area (Å²) >= 11 is 0. The molecular formula is C24H21F3N4O2. The average Bonchev–Trinajstić information content (AvgIpc) is 3.46. The van der Waals surface area contributed by atoms with Gasteiger partial charge in [0.05, 0.1) is 35.5 Å². The fraction of sp³-hybridized carbons (Fsp3) is 0.250. The van der Waals surface area contributed by atoms with E-state index in [1.807, 2.05) is 13.0 Å². The maximum absolute atomic E-state index is 13.3. The second-order valence-electron chi connectivity index (χ2n) is 8.02. The van der Waals surface area contributed by atoms with E-state index in [1.165, 1.54) is 30.5 Å². The lowest BCUT2D eigenvalue weighted by atomic mass is 9.99. The summed E-state index contributed by atoms with van der Waals surface area (Å²) in [7, 11) is 0. The molecule has 2 N–H and O–H groups in total. The van der Waals surface area contributed by atoms with Crippen LogP contribution in [0.25, 0.3) is 22.6 Å². The molecule has 0 radical (unpaired) electrons. The normalized spacial score (nSPS) is 14.7. The van der Waals surface area contributed by atoms with Gasteiger partial charge >= 0.3 is 6.18 Å². The molecule has 0 aliphatic carbocycles. The molecule has 3 heterocycles. The Hall–Kier alpha value is -3.59. The Labute approximate surface area is 187 Å². The number of H-pyrrole nitrogens is 2. The van der Waals surface area contributed by atoms with E-state index in [1.54, 1.807) is 0 Å². The lowest BCUT2D eigenvalue weighted by molar-refractivity contribution is -0.137. The molecule has 1 saturated heterocycles. The quantitative estimate of drug-likeness (QED) is 0.428. The van der Waals surface area contributed by atoms with Crippen LogP contribution in [0, 0.1) is 6.92 Å². The molecule has 170 valence electrons. The van der Waals surface area contributed by atoms with Crippen LogP contribution in [0.1, 0.15) is 27.0 Å². The Morgan fingerprint density at radius 3 is 2.64 bits per heavy atom. The molecule has 5 rings (SSSR count). The monoisotopic (exact) mass is 454 g/mol. The highest BCUT2D eigenvalue weighted by Gasteiger charge is 2.35. The largest absolute Gasteiger partial charge is 0.417 e. The van der Waals surface area contributed by atoms with Gasteiger partial charge in [0.2, 0.25) is 0 Å². The molecule has 2 aromatic carbocycles. The average molecular weight is 454 g/mol. The number of carbonyl (C=O) groups is 1. The van der Waals surface area contributed by atoms with E-state index >= 15 is 0 Å². The molecule has 0 unspecified atom stereocenters. The van der Waals surface area contributed by atoms with Crippen molar-refractivity contribution in [2.24, 2.45) is 0 Å². The molecule has 0 saturated carbocycles. The van der Waals surface area contributed by atoms with Crippen molar-refractivity contribution in [1.29, 1.82) is 0 Å². The Morgan fingerprint density at radius 2 is 1.88 bits per heavy atom. The van der Waals surface area contributed by atoms with Crippen LogP contribution in [0.15, 0.2) is 48.7 Å². The van der Waals surface area contributed by atoms with Crippen molar-refractivity contribution in [3.63, 3.8) is 0 Å². The van der Waals surface area contributed by atoms with Crippen LogP contribution >= 0.6 is 0 Å². The van der Waals surface area contributed by atoms with Crippen LogP contribution in [0.4, 0.5) is 18.9 Å². The van der Waals surface area contributed by atoms with E-state index in [9.17, 15) is 18.0 Å². The molecule has 2 aromatic heterocycles. The van der Waals surface area contributed by atoms with Crippen molar-refractivity contribution >= 4 is 22.5 Å². The van der Waals surface area contributed by atoms with Gasteiger partial charge in [-0.15, -0.1) is 0 Å². The minimum atomic E-state index is -4.61. The zero-order valence-corrected chi connectivity index (χ0v) is 17.8. The summed E-state index contributed by atoms with van der Waals surface area (Å²) in [5.74, 6) is -0.192. The van der Waals surface area contributed by atoms with Crippen molar-refractivity contribution in [3.05, 3.63) is 70.9 Å². The lowest BCUT2D eigenvalue weighted by Gasteiger charge is -2.29. The Kier molecular flexibility index (Phi) is 5.20. The van der Waals surface area contributed by atoms with Crippen LogP contribution in [-0.4, -0.2) is 47.0 Å². The molecule has 1 fully saturated rings. The number of halogens is 3. The molecule has 4 aromatic rings. The van der Waals surface area contributed by atoms with E-state index in [-0.39, 0.29) is 11.1 Å². The van der Waals surface area contributed by atoms with Gasteiger partial charge in [0.25, 0.3) is 0 Å². The van der Waals surface area contributed by atoms with Gasteiger partial charge in [-0.25, -0.2) is 4.98 Å². The number of nitrogens with one attached hydrogen (secondary N) is 2. The minimum Gasteiger partial charge on any atom is -0.378 e. The molecular weight excluding hydrogens is 433 g/mol. The third-order valence-corrected chi connectivity index (χ3v) is 5.82. The molecule has 1 aliphatic heterocycles. The molecule has 0 spiro atoms. The smallest absolute Gasteiger partial charge is 0.378 e. The first-order chi connectivity index (χ1) is 15.8. The van der Waals surface area contributed by atoms with Gasteiger partial charge < -0.3 is 19.6 Å². The van der Waals surface area contributed by atoms with Gasteiger partial charge in [-0.2, -0.15) is 13.2 Å². The van der Waals surface area contributed by atoms with Crippen molar-refractivity contribution < 1.29 is 22.7 Å². The van der Waals surface area contributed by atoms with Crippen molar-refractivity contribution in [3.8, 4) is 11.5 Å². The molecule has 0 amide bonds. The van der Waals surface area contributed by atoms with Crippen molar-refractivity contribution in [1.82, 2.24) is 15.0 Å². The zero-order valence-electron chi connectivity index (χ0n) is 17.8. The fourth-order valence-electron chi connectivity index (χ4n) is 4.15. The number of hydrogen-bond donors (Lipinski definition) is 2. The number of hydrogen-bond acceptors (Lipinski definition) is 4. The third kappa shape index (κ3) is 4.00. The summed E-state index contributed by atoms with van der Waals surface area (Å²) < 4.78 is 45.4. The van der Waals surface area contributed by atoms with Crippen LogP contribution < -0.4 is 4.90 Å². The second-order valence-corrected chi connectivity index (χ2v) is 8.02. The third-order valence-electron chi connectivity index (χ3n) is 5.82. The summed E-state index contributed by atoms with van der Waals surface area (Å²) in [5, 5.41) is 0. The number of aryl methyl sites for hydroxylation is 1. The number of fused-ring (bicyclic) bond motifs is 1. The molecule has 0 atom stereocenters. The van der Waals surface area contributed by atoms with Crippen LogP contribution in [0.5, 0.6) is 0 Å². The van der Waals surface area contributed by atoms with E-state index in [4.69, 9.17) is 4.74 Å². The second kappa shape index (κ2) is 8.08. The minimum absolute atomic E-state index is 0.132. The van der Waals surface area contributed by atoms with Crippen molar-refractivity contribution in [2.45, 2.75) is 13.1 Å². The van der Waals surface area contributed by atoms with E-state index < -0.39 is 17.5 Å². The SMILES string of the molecule is Cc1cc(N2CCOCC2)cc2[nH]c(-c3cc(C(=O)c4ccccc4C(F)(F)F)c[nH]3)nc12. The summed E-state index contributed by atoms with van der Waals surface area (Å²) in [6.45, 7) is 4.97. The lowest BCUT2D eigenvalue weighted by Crippen LogP contribution is -2.36. The molecule has 9 heteroatoms. The number of ketones is 1. The topological polar surface area (TPSA) is 74.0 Å². The number of benzene rings is 2. The predicted octanol–water partition coefficient (Wildman–Crippen LogP) is 4.95. The standard InChI is InChI=1S/C24H21F3N4O2/c1-14-10-16(31-6-8-33-9-7-31)12-19-21(14)30-23(29-19)20-11-15(13-28-20)22(32)17-4-2-3-5-18(17)24(25,26)27/h2-5,10-13,28H,6-9H2,1H3,(H,29,30). The summed E-state index contributed by atoms with van der Waals surface area (Å²) in [6.07, 6.45) is -3.20. The van der Waals surface area contributed by atoms with Gasteiger partial charge in [-0.3, -0.25) is 4.79 Å². The Bertz CT molecular complexity index is 1330. The highest BCUT2D eigenvalue weighted by atomic mass is 19.4. The fourth-order valence-corrected chi connectivity index (χ4v) is 4.15. The molecule has 0 bridgehead atoms. The van der Waals surface area contributed by atoms with Gasteiger partial charge in [0, 0.05) is 36.1 Å². The Balaban J connectivity index is 1.47. The highest BCUT2D eigenvalue weighted by Crippen LogP contribution is 2.33. The van der Waals surface area contributed by atoms with E-state index in [0.29, 0.717) is 24.7 Å². The number of ether oxygens (including phenoxy) is 1. The maximum Gasteiger partial charge on any atom is 0.417 e. The number of morpholine rings is 1. The van der Waals surface area contributed by atoms with Crippen LogP contribution in [0.2, 0.25) is 0 Å². The first-order valence-corrected chi connectivity index (χ1v) is 10.5. The number of aromatic nitrogens is 3. The number of carbonyl (C=O) groups excluding carboxylic acids is 1. The number of alkyl halides is 3. The van der Waals surface area contributed by atoms with E-state index in [2.05, 4.69) is 25.9 Å². The van der Waals surface area contributed by atoms with Gasteiger partial charge in [-0.1, -0.05) is 18.2 Å². The van der Waals surface area contributed by atoms with Crippen LogP contribution in [0.3, 0.4) is 0 Å². The van der Waals surface area contributed by atoms with Gasteiger partial charge in [0.1, 0.15) is 0 Å². The first kappa shape index (κ1) is 21.3. The zero-order chi connectivity index (χ0) is 23.2. The van der Waals surface area contributed by atoms with Gasteiger partial charge in [-0.05, 0) is 36.8 Å². The Morgan fingerprint density at radius 1 is 1.12 bits per heavy atom. The molecule has 1 aliphatic rings. The number of anilines is 1. The number of rotatable bonds is 4. The first-order valence-electron chi connectivity index (χ1n) is 10.5. The maximum atomic E-state index is 13.3. The van der Waals surface area contributed by atoms with Crippen molar-refractivity contribution in [2.75, 3.05) is 31.2 Å². The van der Waals surface area contributed by atoms with Gasteiger partial charge in [0.15, 0.2) is 11.6 Å². The summed E-state index contributed by atoms with van der Waals surface area (Å²) in [5.41, 5.74) is 3.03. The number of aromatic amines is 2. The molecule has 33 heavy (non-hydrogen) atoms. The highest BCUT2D eigenvalue weighted by molar-refractivity contribution is 6.10. The number of imidazole rings is 1.